The minimum absolute atomic E-state index is 0.122. The maximum atomic E-state index is 12.1. The quantitative estimate of drug-likeness (QED) is 0.486. The topological polar surface area (TPSA) is 78.3 Å². The first-order valence-corrected chi connectivity index (χ1v) is 5.53. The van der Waals surface area contributed by atoms with Gasteiger partial charge in [-0.3, -0.25) is 0 Å². The zero-order valence-corrected chi connectivity index (χ0v) is 10.0. The summed E-state index contributed by atoms with van der Waals surface area (Å²) < 4.78 is 36.2. The average molecular weight is 286 g/mol. The predicted molar refractivity (Wildman–Crippen MR) is 61.0 cm³/mol. The highest BCUT2D eigenvalue weighted by Crippen LogP contribution is 2.37. The Morgan fingerprint density at radius 1 is 1.35 bits per heavy atom. The van der Waals surface area contributed by atoms with Crippen LogP contribution in [-0.4, -0.2) is 30.3 Å². The molecular weight excluding hydrogens is 277 g/mol. The summed E-state index contributed by atoms with van der Waals surface area (Å²) in [6, 6.07) is 8.57. The molecule has 1 aliphatic rings. The SMILES string of the molecule is [N-]=[N+]=NC1(c2ccccc2)CN(OC(=O)C(F)(F)F)C1. The van der Waals surface area contributed by atoms with Crippen LogP contribution in [0.3, 0.4) is 0 Å². The van der Waals surface area contributed by atoms with E-state index in [0.717, 1.165) is 5.06 Å². The average Bonchev–Trinajstić information content (AvgIpc) is 2.35. The lowest BCUT2D eigenvalue weighted by Crippen LogP contribution is -2.59. The molecule has 0 aliphatic carbocycles. The van der Waals surface area contributed by atoms with Crippen molar-refractivity contribution in [2.45, 2.75) is 11.7 Å². The van der Waals surface area contributed by atoms with Gasteiger partial charge in [-0.15, -0.1) is 5.06 Å². The van der Waals surface area contributed by atoms with Crippen LogP contribution in [0.15, 0.2) is 35.4 Å². The standard InChI is InChI=1S/C11H9F3N4O2/c12-11(13,14)9(19)20-18-6-10(7-18,16-17-15)8-4-2-1-3-5-8/h1-5H,6-7H2. The summed E-state index contributed by atoms with van der Waals surface area (Å²) in [5, 5.41) is 4.43. The molecule has 0 spiro atoms. The Hall–Kier alpha value is -2.25. The number of nitrogens with zero attached hydrogens (tertiary/aromatic N) is 4. The first kappa shape index (κ1) is 14.2. The van der Waals surface area contributed by atoms with Crippen molar-refractivity contribution in [3.05, 3.63) is 46.3 Å². The molecule has 1 aliphatic heterocycles. The minimum Gasteiger partial charge on any atom is -0.361 e. The second kappa shape index (κ2) is 5.03. The third-order valence-corrected chi connectivity index (χ3v) is 2.87. The molecule has 0 bridgehead atoms. The molecule has 2 rings (SSSR count). The molecule has 0 N–H and O–H groups in total. The molecule has 6 nitrogen and oxygen atoms in total. The fourth-order valence-corrected chi connectivity index (χ4v) is 1.91. The van der Waals surface area contributed by atoms with E-state index in [2.05, 4.69) is 14.9 Å². The van der Waals surface area contributed by atoms with Crippen LogP contribution in [0, 0.1) is 0 Å². The third-order valence-electron chi connectivity index (χ3n) is 2.87. The van der Waals surface area contributed by atoms with Crippen LogP contribution in [-0.2, 0) is 15.2 Å². The lowest BCUT2D eigenvalue weighted by Gasteiger charge is -2.45. The molecule has 1 heterocycles. The van der Waals surface area contributed by atoms with Gasteiger partial charge in [0.2, 0.25) is 0 Å². The smallest absolute Gasteiger partial charge is 0.361 e. The Morgan fingerprint density at radius 2 is 1.95 bits per heavy atom. The summed E-state index contributed by atoms with van der Waals surface area (Å²) >= 11 is 0. The number of hydrogen-bond donors (Lipinski definition) is 0. The molecule has 0 amide bonds. The summed E-state index contributed by atoms with van der Waals surface area (Å²) in [6.07, 6.45) is -5.05. The minimum atomic E-state index is -5.05. The van der Waals surface area contributed by atoms with Crippen molar-refractivity contribution >= 4 is 5.97 Å². The maximum Gasteiger partial charge on any atom is 0.492 e. The molecule has 0 unspecified atom stereocenters. The van der Waals surface area contributed by atoms with Gasteiger partial charge in [0, 0.05) is 4.91 Å². The van der Waals surface area contributed by atoms with E-state index in [1.165, 1.54) is 0 Å². The lowest BCUT2D eigenvalue weighted by molar-refractivity contribution is -0.262. The third kappa shape index (κ3) is 2.68. The predicted octanol–water partition coefficient (Wildman–Crippen LogP) is 2.53. The summed E-state index contributed by atoms with van der Waals surface area (Å²) in [5.74, 6) is -2.29. The van der Waals surface area contributed by atoms with Crippen LogP contribution in [0.25, 0.3) is 10.4 Å². The highest BCUT2D eigenvalue weighted by molar-refractivity contribution is 5.75. The van der Waals surface area contributed by atoms with Gasteiger partial charge in [-0.2, -0.15) is 13.2 Å². The number of azide groups is 1. The molecule has 20 heavy (non-hydrogen) atoms. The van der Waals surface area contributed by atoms with Gasteiger partial charge >= 0.3 is 12.1 Å². The number of hydroxylamine groups is 2. The van der Waals surface area contributed by atoms with Crippen LogP contribution < -0.4 is 0 Å². The molecule has 0 saturated carbocycles. The highest BCUT2D eigenvalue weighted by atomic mass is 19.4. The van der Waals surface area contributed by atoms with Crippen LogP contribution in [0.5, 0.6) is 0 Å². The van der Waals surface area contributed by atoms with Crippen molar-refractivity contribution in [2.75, 3.05) is 13.1 Å². The number of halogens is 3. The van der Waals surface area contributed by atoms with Gasteiger partial charge in [-0.05, 0) is 11.1 Å². The first-order chi connectivity index (χ1) is 9.37. The number of alkyl halides is 3. The van der Waals surface area contributed by atoms with Gasteiger partial charge in [0.1, 0.15) is 5.54 Å². The van der Waals surface area contributed by atoms with E-state index < -0.39 is 17.7 Å². The van der Waals surface area contributed by atoms with E-state index in [-0.39, 0.29) is 13.1 Å². The number of hydrogen-bond acceptors (Lipinski definition) is 4. The van der Waals surface area contributed by atoms with Crippen LogP contribution in [0.2, 0.25) is 0 Å². The van der Waals surface area contributed by atoms with Crippen molar-refractivity contribution in [3.63, 3.8) is 0 Å². The van der Waals surface area contributed by atoms with E-state index in [9.17, 15) is 18.0 Å². The zero-order chi connectivity index (χ0) is 14.8. The van der Waals surface area contributed by atoms with Gasteiger partial charge in [0.05, 0.1) is 13.1 Å². The van der Waals surface area contributed by atoms with Gasteiger partial charge < -0.3 is 4.84 Å². The Bertz CT molecular complexity index is 549. The van der Waals surface area contributed by atoms with Crippen molar-refractivity contribution < 1.29 is 22.8 Å². The van der Waals surface area contributed by atoms with Gasteiger partial charge in [0.25, 0.3) is 0 Å². The molecule has 0 atom stereocenters. The number of carbonyl (C=O) groups is 1. The molecule has 1 saturated heterocycles. The normalized spacial score (nSPS) is 17.8. The fourth-order valence-electron chi connectivity index (χ4n) is 1.91. The fraction of sp³-hybridized carbons (Fsp3) is 0.364. The van der Waals surface area contributed by atoms with Gasteiger partial charge in [-0.25, -0.2) is 4.79 Å². The Morgan fingerprint density at radius 3 is 2.45 bits per heavy atom. The van der Waals surface area contributed by atoms with Gasteiger partial charge in [0.15, 0.2) is 0 Å². The van der Waals surface area contributed by atoms with Crippen molar-refractivity contribution in [1.82, 2.24) is 5.06 Å². The molecular formula is C11H9F3N4O2. The zero-order valence-electron chi connectivity index (χ0n) is 10.0. The summed E-state index contributed by atoms with van der Waals surface area (Å²) in [5.41, 5.74) is 8.22. The summed E-state index contributed by atoms with van der Waals surface area (Å²) in [6.45, 7) is -0.244. The summed E-state index contributed by atoms with van der Waals surface area (Å²) in [7, 11) is 0. The number of carbonyl (C=O) groups excluding carboxylic acids is 1. The van der Waals surface area contributed by atoms with E-state index in [1.807, 2.05) is 0 Å². The highest BCUT2D eigenvalue weighted by Gasteiger charge is 2.50. The van der Waals surface area contributed by atoms with Crippen molar-refractivity contribution in [1.29, 1.82) is 0 Å². The molecule has 1 aromatic carbocycles. The Balaban J connectivity index is 2.08. The van der Waals surface area contributed by atoms with E-state index in [4.69, 9.17) is 5.53 Å². The monoisotopic (exact) mass is 286 g/mol. The Labute approximate surface area is 111 Å². The van der Waals surface area contributed by atoms with Crippen LogP contribution >= 0.6 is 0 Å². The van der Waals surface area contributed by atoms with Crippen molar-refractivity contribution in [3.8, 4) is 0 Å². The second-order valence-electron chi connectivity index (χ2n) is 4.26. The molecule has 106 valence electrons. The maximum absolute atomic E-state index is 12.1. The van der Waals surface area contributed by atoms with Crippen molar-refractivity contribution in [2.24, 2.45) is 5.11 Å². The molecule has 1 fully saturated rings. The molecule has 1 aromatic rings. The lowest BCUT2D eigenvalue weighted by atomic mass is 9.85. The second-order valence-corrected chi connectivity index (χ2v) is 4.26. The number of rotatable bonds is 3. The number of benzene rings is 1. The molecule has 0 aromatic heterocycles. The van der Waals surface area contributed by atoms with E-state index in [1.54, 1.807) is 30.3 Å². The molecule has 0 radical (unpaired) electrons. The van der Waals surface area contributed by atoms with E-state index >= 15 is 0 Å². The molecule has 9 heteroatoms. The van der Waals surface area contributed by atoms with Crippen LogP contribution in [0.4, 0.5) is 13.2 Å². The Kier molecular flexibility index (Phi) is 3.56. The largest absolute Gasteiger partial charge is 0.492 e. The van der Waals surface area contributed by atoms with Crippen LogP contribution in [0.1, 0.15) is 5.56 Å². The van der Waals surface area contributed by atoms with Gasteiger partial charge in [-0.1, -0.05) is 35.4 Å². The van der Waals surface area contributed by atoms with E-state index in [0.29, 0.717) is 5.56 Å². The summed E-state index contributed by atoms with van der Waals surface area (Å²) in [4.78, 5) is 17.5. The first-order valence-electron chi connectivity index (χ1n) is 5.53.